The Morgan fingerprint density at radius 3 is 2.56 bits per heavy atom. The van der Waals surface area contributed by atoms with Crippen LogP contribution in [0.2, 0.25) is 0 Å². The number of oxime groups is 1. The summed E-state index contributed by atoms with van der Waals surface area (Å²) in [6.45, 7) is 0. The summed E-state index contributed by atoms with van der Waals surface area (Å²) in [4.78, 5) is 18.0. The van der Waals surface area contributed by atoms with Gasteiger partial charge in [-0.05, 0) is 23.8 Å². The number of carbonyl (C=O) groups is 1. The molecule has 1 aliphatic heterocycles. The Labute approximate surface area is 110 Å². The number of halogens is 1. The van der Waals surface area contributed by atoms with Crippen LogP contribution in [-0.2, 0) is 9.63 Å². The van der Waals surface area contributed by atoms with Gasteiger partial charge in [0.2, 0.25) is 0 Å². The Bertz CT molecular complexity index is 518. The zero-order valence-electron chi connectivity index (χ0n) is 10.2. The predicted octanol–water partition coefficient (Wildman–Crippen LogP) is 2.29. The van der Waals surface area contributed by atoms with Gasteiger partial charge < -0.3 is 9.74 Å². The maximum absolute atomic E-state index is 11.5. The lowest BCUT2D eigenvalue weighted by atomic mass is 10.1. The second kappa shape index (κ2) is 5.23. The Morgan fingerprint density at radius 1 is 1.33 bits per heavy atom. The van der Waals surface area contributed by atoms with Crippen molar-refractivity contribution in [3.63, 3.8) is 0 Å². The molecule has 0 unspecified atom stereocenters. The molecular formula is C13H13ClN2O2. The quantitative estimate of drug-likeness (QED) is 0.478. The van der Waals surface area contributed by atoms with Crippen LogP contribution in [0.5, 0.6) is 0 Å². The molecule has 0 fully saturated rings. The summed E-state index contributed by atoms with van der Waals surface area (Å²) in [5.41, 5.74) is 2.89. The Kier molecular flexibility index (Phi) is 3.67. The van der Waals surface area contributed by atoms with E-state index in [1.54, 1.807) is 6.08 Å². The molecule has 18 heavy (non-hydrogen) atoms. The SMILES string of the molecule is CN(C)c1ccc(C=C2C(=O)ON=C2CCl)cc1. The average molecular weight is 265 g/mol. The van der Waals surface area contributed by atoms with Gasteiger partial charge in [-0.25, -0.2) is 4.79 Å². The highest BCUT2D eigenvalue weighted by Crippen LogP contribution is 2.18. The van der Waals surface area contributed by atoms with Crippen LogP contribution in [-0.4, -0.2) is 31.7 Å². The number of rotatable bonds is 3. The number of anilines is 1. The van der Waals surface area contributed by atoms with Crippen molar-refractivity contribution in [2.24, 2.45) is 5.16 Å². The van der Waals surface area contributed by atoms with Crippen molar-refractivity contribution in [3.8, 4) is 0 Å². The van der Waals surface area contributed by atoms with Gasteiger partial charge in [-0.15, -0.1) is 11.6 Å². The molecule has 0 aromatic heterocycles. The average Bonchev–Trinajstić information content (AvgIpc) is 2.71. The lowest BCUT2D eigenvalue weighted by molar-refractivity contribution is -0.136. The van der Waals surface area contributed by atoms with E-state index >= 15 is 0 Å². The highest BCUT2D eigenvalue weighted by molar-refractivity contribution is 6.38. The lowest BCUT2D eigenvalue weighted by Gasteiger charge is -2.11. The number of hydrogen-bond donors (Lipinski definition) is 0. The summed E-state index contributed by atoms with van der Waals surface area (Å²) >= 11 is 5.69. The standard InChI is InChI=1S/C13H13ClN2O2/c1-16(2)10-5-3-9(4-6-10)7-11-12(8-14)15-18-13(11)17/h3-7H,8H2,1-2H3. The number of benzene rings is 1. The molecule has 1 aromatic rings. The molecule has 1 heterocycles. The van der Waals surface area contributed by atoms with Gasteiger partial charge in [0.25, 0.3) is 0 Å². The molecule has 0 saturated heterocycles. The monoisotopic (exact) mass is 264 g/mol. The molecule has 0 N–H and O–H groups in total. The topological polar surface area (TPSA) is 41.9 Å². The van der Waals surface area contributed by atoms with Gasteiger partial charge in [-0.3, -0.25) is 0 Å². The molecule has 2 rings (SSSR count). The molecule has 5 heteroatoms. The summed E-state index contributed by atoms with van der Waals surface area (Å²) in [7, 11) is 3.94. The maximum atomic E-state index is 11.5. The number of carbonyl (C=O) groups excluding carboxylic acids is 1. The fourth-order valence-electron chi connectivity index (χ4n) is 1.59. The van der Waals surface area contributed by atoms with E-state index in [2.05, 4.69) is 9.99 Å². The number of hydrogen-bond acceptors (Lipinski definition) is 4. The lowest BCUT2D eigenvalue weighted by Crippen LogP contribution is -2.08. The normalized spacial score (nSPS) is 16.7. The van der Waals surface area contributed by atoms with Crippen molar-refractivity contribution >= 4 is 35.0 Å². The first-order chi connectivity index (χ1) is 8.61. The van der Waals surface area contributed by atoms with Crippen molar-refractivity contribution < 1.29 is 9.63 Å². The summed E-state index contributed by atoms with van der Waals surface area (Å²) in [5.74, 6) is -0.296. The van der Waals surface area contributed by atoms with Gasteiger partial charge in [0.05, 0.1) is 11.5 Å². The molecule has 0 atom stereocenters. The Balaban J connectivity index is 2.27. The minimum absolute atomic E-state index is 0.160. The molecule has 1 aromatic carbocycles. The van der Waals surface area contributed by atoms with Crippen molar-refractivity contribution in [2.75, 3.05) is 24.9 Å². The largest absolute Gasteiger partial charge is 0.378 e. The van der Waals surface area contributed by atoms with Gasteiger partial charge in [-0.2, -0.15) is 0 Å². The zero-order valence-corrected chi connectivity index (χ0v) is 10.9. The third-order valence-corrected chi connectivity index (χ3v) is 2.87. The molecule has 4 nitrogen and oxygen atoms in total. The summed E-state index contributed by atoms with van der Waals surface area (Å²) in [6, 6.07) is 7.81. The highest BCUT2D eigenvalue weighted by Gasteiger charge is 2.24. The van der Waals surface area contributed by atoms with Crippen LogP contribution < -0.4 is 4.90 Å². The zero-order chi connectivity index (χ0) is 13.1. The van der Waals surface area contributed by atoms with Crippen molar-refractivity contribution in [3.05, 3.63) is 35.4 Å². The van der Waals surface area contributed by atoms with E-state index in [0.717, 1.165) is 11.3 Å². The Hall–Kier alpha value is -1.81. The first kappa shape index (κ1) is 12.6. The van der Waals surface area contributed by atoms with Crippen molar-refractivity contribution in [1.29, 1.82) is 0 Å². The molecule has 1 aliphatic rings. The van der Waals surface area contributed by atoms with Crippen LogP contribution >= 0.6 is 11.6 Å². The number of nitrogens with zero attached hydrogens (tertiary/aromatic N) is 2. The van der Waals surface area contributed by atoms with E-state index in [0.29, 0.717) is 11.3 Å². The molecule has 0 bridgehead atoms. The third-order valence-electron chi connectivity index (χ3n) is 2.62. The molecule has 0 aliphatic carbocycles. The van der Waals surface area contributed by atoms with Crippen molar-refractivity contribution in [2.45, 2.75) is 0 Å². The van der Waals surface area contributed by atoms with E-state index in [-0.39, 0.29) is 5.88 Å². The van der Waals surface area contributed by atoms with Crippen LogP contribution in [0.25, 0.3) is 6.08 Å². The minimum Gasteiger partial charge on any atom is -0.378 e. The second-order valence-corrected chi connectivity index (χ2v) is 4.36. The van der Waals surface area contributed by atoms with Crippen LogP contribution in [0, 0.1) is 0 Å². The van der Waals surface area contributed by atoms with Gasteiger partial charge in [0.1, 0.15) is 5.71 Å². The molecule has 0 amide bonds. The minimum atomic E-state index is -0.456. The van der Waals surface area contributed by atoms with E-state index < -0.39 is 5.97 Å². The summed E-state index contributed by atoms with van der Waals surface area (Å²) in [5, 5.41) is 3.62. The van der Waals surface area contributed by atoms with Gasteiger partial charge in [0, 0.05) is 19.8 Å². The first-order valence-corrected chi connectivity index (χ1v) is 5.99. The molecule has 94 valence electrons. The van der Waals surface area contributed by atoms with E-state index in [4.69, 9.17) is 11.6 Å². The summed E-state index contributed by atoms with van der Waals surface area (Å²) < 4.78 is 0. The van der Waals surface area contributed by atoms with Crippen LogP contribution in [0.15, 0.2) is 35.0 Å². The van der Waals surface area contributed by atoms with Crippen LogP contribution in [0.3, 0.4) is 0 Å². The van der Waals surface area contributed by atoms with Gasteiger partial charge in [0.15, 0.2) is 0 Å². The van der Waals surface area contributed by atoms with Gasteiger partial charge in [-0.1, -0.05) is 17.3 Å². The van der Waals surface area contributed by atoms with E-state index in [9.17, 15) is 4.79 Å². The maximum Gasteiger partial charge on any atom is 0.367 e. The first-order valence-electron chi connectivity index (χ1n) is 5.45. The second-order valence-electron chi connectivity index (χ2n) is 4.09. The third kappa shape index (κ3) is 2.54. The highest BCUT2D eigenvalue weighted by atomic mass is 35.5. The number of alkyl halides is 1. The van der Waals surface area contributed by atoms with E-state index in [1.165, 1.54) is 0 Å². The smallest absolute Gasteiger partial charge is 0.367 e. The van der Waals surface area contributed by atoms with E-state index in [1.807, 2.05) is 43.3 Å². The molecule has 0 spiro atoms. The molecular weight excluding hydrogens is 252 g/mol. The molecule has 0 radical (unpaired) electrons. The predicted molar refractivity (Wildman–Crippen MR) is 73.0 cm³/mol. The fraction of sp³-hybridized carbons (Fsp3) is 0.231. The van der Waals surface area contributed by atoms with Gasteiger partial charge >= 0.3 is 5.97 Å². The fourth-order valence-corrected chi connectivity index (χ4v) is 1.78. The molecule has 0 saturated carbocycles. The summed E-state index contributed by atoms with van der Waals surface area (Å²) in [6.07, 6.45) is 1.73. The van der Waals surface area contributed by atoms with Crippen LogP contribution in [0.4, 0.5) is 5.69 Å². The van der Waals surface area contributed by atoms with Crippen LogP contribution in [0.1, 0.15) is 5.56 Å². The van der Waals surface area contributed by atoms with Crippen molar-refractivity contribution in [1.82, 2.24) is 0 Å². The Morgan fingerprint density at radius 2 is 2.00 bits per heavy atom.